The number of benzene rings is 2. The van der Waals surface area contributed by atoms with Gasteiger partial charge in [0.2, 0.25) is 23.5 Å². The lowest BCUT2D eigenvalue weighted by Crippen LogP contribution is -2.39. The second kappa shape index (κ2) is 9.79. The van der Waals surface area contributed by atoms with Crippen molar-refractivity contribution in [3.05, 3.63) is 65.6 Å². The van der Waals surface area contributed by atoms with Crippen LogP contribution in [0.2, 0.25) is 0 Å². The van der Waals surface area contributed by atoms with Crippen molar-refractivity contribution in [3.63, 3.8) is 0 Å². The summed E-state index contributed by atoms with van der Waals surface area (Å²) in [4.78, 5) is 28.7. The molecular weight excluding hydrogens is 410 g/mol. The molecule has 2 amide bonds. The predicted molar refractivity (Wildman–Crippen MR) is 106 cm³/mol. The van der Waals surface area contributed by atoms with Gasteiger partial charge in [0.25, 0.3) is 0 Å². The SMILES string of the molecule is CNC(=O)C(NC(=O)CCc1nc(-c2ccc(OC)cc2)no1)c1ccc(F)c(F)c1. The van der Waals surface area contributed by atoms with Gasteiger partial charge >= 0.3 is 0 Å². The summed E-state index contributed by atoms with van der Waals surface area (Å²) in [5, 5.41) is 8.78. The molecule has 1 aromatic heterocycles. The largest absolute Gasteiger partial charge is 0.497 e. The highest BCUT2D eigenvalue weighted by atomic mass is 19.2. The van der Waals surface area contributed by atoms with Crippen LogP contribution in [0.25, 0.3) is 11.4 Å². The van der Waals surface area contributed by atoms with E-state index in [4.69, 9.17) is 9.26 Å². The van der Waals surface area contributed by atoms with E-state index < -0.39 is 29.5 Å². The van der Waals surface area contributed by atoms with Gasteiger partial charge in [0.1, 0.15) is 11.8 Å². The highest BCUT2D eigenvalue weighted by Gasteiger charge is 2.23. The number of halogens is 2. The van der Waals surface area contributed by atoms with Crippen molar-refractivity contribution in [2.75, 3.05) is 14.2 Å². The van der Waals surface area contributed by atoms with E-state index in [-0.39, 0.29) is 24.3 Å². The molecule has 0 aliphatic heterocycles. The van der Waals surface area contributed by atoms with Crippen LogP contribution >= 0.6 is 0 Å². The fourth-order valence-electron chi connectivity index (χ4n) is 2.80. The van der Waals surface area contributed by atoms with Crippen molar-refractivity contribution < 1.29 is 27.6 Å². The van der Waals surface area contributed by atoms with Crippen LogP contribution in [0.5, 0.6) is 5.75 Å². The highest BCUT2D eigenvalue weighted by molar-refractivity contribution is 5.88. The average Bonchev–Trinajstić information content (AvgIpc) is 3.26. The van der Waals surface area contributed by atoms with Gasteiger partial charge in [0, 0.05) is 25.5 Å². The Morgan fingerprint density at radius 3 is 2.52 bits per heavy atom. The summed E-state index contributed by atoms with van der Waals surface area (Å²) in [5.74, 6) is -1.93. The van der Waals surface area contributed by atoms with Crippen LogP contribution in [0, 0.1) is 11.6 Å². The van der Waals surface area contributed by atoms with E-state index in [0.29, 0.717) is 11.6 Å². The minimum Gasteiger partial charge on any atom is -0.497 e. The number of aromatic nitrogens is 2. The highest BCUT2D eigenvalue weighted by Crippen LogP contribution is 2.20. The number of ether oxygens (including phenoxy) is 1. The first kappa shape index (κ1) is 21.9. The van der Waals surface area contributed by atoms with E-state index >= 15 is 0 Å². The van der Waals surface area contributed by atoms with Crippen LogP contribution < -0.4 is 15.4 Å². The second-order valence-corrected chi connectivity index (χ2v) is 6.53. The van der Waals surface area contributed by atoms with Crippen molar-refractivity contribution in [2.45, 2.75) is 18.9 Å². The number of nitrogens with zero attached hydrogens (tertiary/aromatic N) is 2. The molecule has 0 fully saturated rings. The normalized spacial score (nSPS) is 11.6. The number of hydrogen-bond acceptors (Lipinski definition) is 6. The van der Waals surface area contributed by atoms with E-state index in [9.17, 15) is 18.4 Å². The molecule has 8 nitrogen and oxygen atoms in total. The third-order valence-electron chi connectivity index (χ3n) is 4.47. The Balaban J connectivity index is 1.63. The van der Waals surface area contributed by atoms with E-state index in [1.54, 1.807) is 31.4 Å². The van der Waals surface area contributed by atoms with Gasteiger partial charge in [0.15, 0.2) is 11.6 Å². The van der Waals surface area contributed by atoms with Gasteiger partial charge in [-0.2, -0.15) is 4.98 Å². The number of methoxy groups -OCH3 is 1. The quantitative estimate of drug-likeness (QED) is 0.569. The average molecular weight is 430 g/mol. The molecule has 1 heterocycles. The molecular formula is C21H20F2N4O4. The summed E-state index contributed by atoms with van der Waals surface area (Å²) in [6, 6.07) is 8.89. The number of aryl methyl sites for hydroxylation is 1. The fourth-order valence-corrected chi connectivity index (χ4v) is 2.80. The van der Waals surface area contributed by atoms with Crippen molar-refractivity contribution in [1.82, 2.24) is 20.8 Å². The molecule has 0 aliphatic carbocycles. The Labute approximate surface area is 176 Å². The maximum absolute atomic E-state index is 13.5. The maximum atomic E-state index is 13.5. The molecule has 162 valence electrons. The summed E-state index contributed by atoms with van der Waals surface area (Å²) in [5.41, 5.74) is 0.837. The summed E-state index contributed by atoms with van der Waals surface area (Å²) in [6.07, 6.45) is 0.0780. The Bertz CT molecular complexity index is 1070. The molecule has 10 heteroatoms. The zero-order chi connectivity index (χ0) is 22.4. The van der Waals surface area contributed by atoms with Crippen LogP contribution in [0.4, 0.5) is 8.78 Å². The van der Waals surface area contributed by atoms with Gasteiger partial charge in [-0.1, -0.05) is 11.2 Å². The minimum absolute atomic E-state index is 0.0541. The number of likely N-dealkylation sites (N-methyl/N-ethyl adjacent to an activating group) is 1. The number of rotatable bonds is 8. The zero-order valence-corrected chi connectivity index (χ0v) is 16.8. The standard InChI is InChI=1S/C21H20F2N4O4/c1-24-21(29)19(13-5-8-15(22)16(23)11-13)25-17(28)9-10-18-26-20(27-31-18)12-3-6-14(30-2)7-4-12/h3-8,11,19H,9-10H2,1-2H3,(H,24,29)(H,25,28). The molecule has 0 saturated heterocycles. The molecule has 0 saturated carbocycles. The maximum Gasteiger partial charge on any atom is 0.246 e. The molecule has 0 spiro atoms. The molecule has 0 bridgehead atoms. The van der Waals surface area contributed by atoms with Crippen molar-refractivity contribution in [2.24, 2.45) is 0 Å². The topological polar surface area (TPSA) is 106 Å². The second-order valence-electron chi connectivity index (χ2n) is 6.53. The summed E-state index contributed by atoms with van der Waals surface area (Å²) in [7, 11) is 2.94. The van der Waals surface area contributed by atoms with E-state index in [1.165, 1.54) is 13.1 Å². The van der Waals surface area contributed by atoms with Gasteiger partial charge in [-0.15, -0.1) is 0 Å². The molecule has 31 heavy (non-hydrogen) atoms. The smallest absolute Gasteiger partial charge is 0.246 e. The first-order valence-electron chi connectivity index (χ1n) is 9.34. The fraction of sp³-hybridized carbons (Fsp3) is 0.238. The molecule has 2 aromatic carbocycles. The first-order chi connectivity index (χ1) is 14.9. The Hall–Kier alpha value is -3.82. The molecule has 3 aromatic rings. The lowest BCUT2D eigenvalue weighted by molar-refractivity contribution is -0.128. The summed E-state index contributed by atoms with van der Waals surface area (Å²) in [6.45, 7) is 0. The van der Waals surface area contributed by atoms with Crippen LogP contribution in [0.3, 0.4) is 0 Å². The molecule has 1 unspecified atom stereocenters. The number of carbonyl (C=O) groups excluding carboxylic acids is 2. The van der Waals surface area contributed by atoms with Crippen LogP contribution in [-0.2, 0) is 16.0 Å². The molecule has 1 atom stereocenters. The predicted octanol–water partition coefficient (Wildman–Crippen LogP) is 2.56. The number of hydrogen-bond donors (Lipinski definition) is 2. The number of amides is 2. The third kappa shape index (κ3) is 5.41. The van der Waals surface area contributed by atoms with Crippen LogP contribution in [0.15, 0.2) is 47.0 Å². The Morgan fingerprint density at radius 2 is 1.87 bits per heavy atom. The lowest BCUT2D eigenvalue weighted by Gasteiger charge is -2.17. The van der Waals surface area contributed by atoms with Gasteiger partial charge < -0.3 is 19.9 Å². The number of carbonyl (C=O) groups is 2. The van der Waals surface area contributed by atoms with Gasteiger partial charge in [-0.05, 0) is 42.0 Å². The van der Waals surface area contributed by atoms with Crippen molar-refractivity contribution in [1.29, 1.82) is 0 Å². The molecule has 0 aliphatic rings. The summed E-state index contributed by atoms with van der Waals surface area (Å²) < 4.78 is 37.0. The van der Waals surface area contributed by atoms with Gasteiger partial charge in [-0.3, -0.25) is 9.59 Å². The Morgan fingerprint density at radius 1 is 1.13 bits per heavy atom. The number of nitrogens with one attached hydrogen (secondary N) is 2. The molecule has 0 radical (unpaired) electrons. The van der Waals surface area contributed by atoms with E-state index in [1.807, 2.05) is 0 Å². The zero-order valence-electron chi connectivity index (χ0n) is 16.8. The monoisotopic (exact) mass is 430 g/mol. The van der Waals surface area contributed by atoms with Gasteiger partial charge in [-0.25, -0.2) is 8.78 Å². The first-order valence-corrected chi connectivity index (χ1v) is 9.34. The lowest BCUT2D eigenvalue weighted by atomic mass is 10.1. The van der Waals surface area contributed by atoms with E-state index in [2.05, 4.69) is 20.8 Å². The van der Waals surface area contributed by atoms with Crippen molar-refractivity contribution >= 4 is 11.8 Å². The van der Waals surface area contributed by atoms with Crippen molar-refractivity contribution in [3.8, 4) is 17.1 Å². The Kier molecular flexibility index (Phi) is 6.91. The molecule has 2 N–H and O–H groups in total. The molecule has 3 rings (SSSR count). The van der Waals surface area contributed by atoms with Crippen LogP contribution in [-0.4, -0.2) is 36.1 Å². The van der Waals surface area contributed by atoms with Gasteiger partial charge in [0.05, 0.1) is 7.11 Å². The minimum atomic E-state index is -1.18. The van der Waals surface area contributed by atoms with E-state index in [0.717, 1.165) is 17.7 Å². The summed E-state index contributed by atoms with van der Waals surface area (Å²) >= 11 is 0. The third-order valence-corrected chi connectivity index (χ3v) is 4.47. The van der Waals surface area contributed by atoms with Crippen LogP contribution in [0.1, 0.15) is 23.9 Å².